The summed E-state index contributed by atoms with van der Waals surface area (Å²) in [5, 5.41) is 15.3. The first-order valence-corrected chi connectivity index (χ1v) is 9.92. The van der Waals surface area contributed by atoms with Gasteiger partial charge in [-0.2, -0.15) is 9.40 Å². The van der Waals surface area contributed by atoms with Crippen molar-refractivity contribution in [3.05, 3.63) is 51.3 Å². The Kier molecular flexibility index (Phi) is 5.46. The first kappa shape index (κ1) is 20.3. The van der Waals surface area contributed by atoms with Crippen molar-refractivity contribution in [2.75, 3.05) is 26.2 Å². The number of hydrogen-bond donors (Lipinski definition) is 0. The molecule has 1 fully saturated rings. The molecule has 2 aromatic rings. The summed E-state index contributed by atoms with van der Waals surface area (Å²) in [6.07, 6.45) is 0. The van der Waals surface area contributed by atoms with Crippen LogP contribution in [-0.2, 0) is 16.7 Å². The Morgan fingerprint density at radius 1 is 1.14 bits per heavy atom. The minimum absolute atomic E-state index is 0.0392. The molecule has 0 radical (unpaired) electrons. The van der Waals surface area contributed by atoms with Gasteiger partial charge in [0.2, 0.25) is 10.0 Å². The zero-order chi connectivity index (χ0) is 20.6. The van der Waals surface area contributed by atoms with Gasteiger partial charge in [0.05, 0.1) is 11.6 Å². The van der Waals surface area contributed by atoms with Gasteiger partial charge in [-0.1, -0.05) is 6.07 Å². The summed E-state index contributed by atoms with van der Waals surface area (Å²) in [7, 11) is -4.30. The maximum atomic E-state index is 13.9. The number of rotatable bonds is 5. The monoisotopic (exact) mass is 415 g/mol. The lowest BCUT2D eigenvalue weighted by Crippen LogP contribution is -2.49. The Morgan fingerprint density at radius 2 is 1.71 bits per heavy atom. The average molecular weight is 415 g/mol. The van der Waals surface area contributed by atoms with Gasteiger partial charge in [0.1, 0.15) is 23.0 Å². The van der Waals surface area contributed by atoms with E-state index < -0.39 is 31.5 Å². The molecule has 1 aliphatic heterocycles. The predicted molar refractivity (Wildman–Crippen MR) is 95.0 cm³/mol. The van der Waals surface area contributed by atoms with Crippen LogP contribution in [0.4, 0.5) is 14.5 Å². The van der Waals surface area contributed by atoms with Crippen molar-refractivity contribution in [2.24, 2.45) is 0 Å². The zero-order valence-corrected chi connectivity index (χ0v) is 16.1. The van der Waals surface area contributed by atoms with Crippen molar-refractivity contribution < 1.29 is 22.1 Å². The second kappa shape index (κ2) is 7.53. The Balaban J connectivity index is 1.72. The fourth-order valence-corrected chi connectivity index (χ4v) is 4.78. The molecule has 0 spiro atoms. The van der Waals surface area contributed by atoms with E-state index in [0.717, 1.165) is 22.5 Å². The SMILES string of the molecule is Cc1nn(CN2CCN(S(=O)(=O)c3c(F)cccc3F)CC2)c(C)c1[N+](=O)[O-]. The van der Waals surface area contributed by atoms with E-state index in [0.29, 0.717) is 24.5 Å². The molecular formula is C16H19F2N5O4S. The van der Waals surface area contributed by atoms with Gasteiger partial charge < -0.3 is 0 Å². The Morgan fingerprint density at radius 3 is 2.21 bits per heavy atom. The molecule has 0 N–H and O–H groups in total. The molecule has 152 valence electrons. The molecule has 9 nitrogen and oxygen atoms in total. The van der Waals surface area contributed by atoms with E-state index in [4.69, 9.17) is 0 Å². The lowest BCUT2D eigenvalue weighted by molar-refractivity contribution is -0.386. The second-order valence-electron chi connectivity index (χ2n) is 6.49. The maximum Gasteiger partial charge on any atom is 0.312 e. The number of hydrogen-bond acceptors (Lipinski definition) is 6. The summed E-state index contributed by atoms with van der Waals surface area (Å²) in [6.45, 7) is 4.06. The fraction of sp³-hybridized carbons (Fsp3) is 0.438. The average Bonchev–Trinajstić information content (AvgIpc) is 2.88. The molecule has 1 saturated heterocycles. The third-order valence-corrected chi connectivity index (χ3v) is 6.66. The van der Waals surface area contributed by atoms with E-state index in [1.807, 2.05) is 4.90 Å². The smallest absolute Gasteiger partial charge is 0.282 e. The summed E-state index contributed by atoms with van der Waals surface area (Å²) in [6, 6.07) is 2.92. The molecule has 0 atom stereocenters. The molecular weight excluding hydrogens is 396 g/mol. The topological polar surface area (TPSA) is 102 Å². The standard InChI is InChI=1S/C16H19F2N5O4S/c1-11-15(23(24)25)12(2)22(19-11)10-20-6-8-21(9-7-20)28(26,27)16-13(17)4-3-5-14(16)18/h3-5H,6-10H2,1-2H3. The number of nitrogens with zero attached hydrogens (tertiary/aromatic N) is 5. The van der Waals surface area contributed by atoms with Crippen molar-refractivity contribution in [1.82, 2.24) is 19.0 Å². The fourth-order valence-electron chi connectivity index (χ4n) is 3.25. The first-order valence-electron chi connectivity index (χ1n) is 8.48. The molecule has 0 aliphatic carbocycles. The van der Waals surface area contributed by atoms with Gasteiger partial charge in [0.15, 0.2) is 4.90 Å². The van der Waals surface area contributed by atoms with Crippen LogP contribution in [0.5, 0.6) is 0 Å². The predicted octanol–water partition coefficient (Wildman–Crippen LogP) is 1.65. The van der Waals surface area contributed by atoms with Crippen LogP contribution in [-0.4, -0.2) is 58.5 Å². The summed E-state index contributed by atoms with van der Waals surface area (Å²) in [4.78, 5) is 11.5. The van der Waals surface area contributed by atoms with Gasteiger partial charge in [0.25, 0.3) is 0 Å². The molecule has 0 bridgehead atoms. The molecule has 12 heteroatoms. The van der Waals surface area contributed by atoms with Crippen LogP contribution in [0.25, 0.3) is 0 Å². The van der Waals surface area contributed by atoms with E-state index in [2.05, 4.69) is 5.10 Å². The lowest BCUT2D eigenvalue weighted by Gasteiger charge is -2.34. The number of benzene rings is 1. The number of halogens is 2. The van der Waals surface area contributed by atoms with Crippen molar-refractivity contribution in [2.45, 2.75) is 25.4 Å². The summed E-state index contributed by atoms with van der Waals surface area (Å²) in [5.41, 5.74) is 0.668. The highest BCUT2D eigenvalue weighted by Gasteiger charge is 2.33. The highest BCUT2D eigenvalue weighted by molar-refractivity contribution is 7.89. The van der Waals surface area contributed by atoms with Gasteiger partial charge in [-0.3, -0.25) is 15.0 Å². The van der Waals surface area contributed by atoms with Gasteiger partial charge >= 0.3 is 5.69 Å². The van der Waals surface area contributed by atoms with Gasteiger partial charge in [0, 0.05) is 26.2 Å². The van der Waals surface area contributed by atoms with Crippen molar-refractivity contribution >= 4 is 15.7 Å². The third-order valence-electron chi connectivity index (χ3n) is 4.71. The summed E-state index contributed by atoms with van der Waals surface area (Å²) >= 11 is 0. The van der Waals surface area contributed by atoms with Crippen molar-refractivity contribution in [1.29, 1.82) is 0 Å². The number of sulfonamides is 1. The molecule has 1 aromatic carbocycles. The number of piperazine rings is 1. The molecule has 0 unspecified atom stereocenters. The van der Waals surface area contributed by atoms with Crippen LogP contribution in [0.15, 0.2) is 23.1 Å². The zero-order valence-electron chi connectivity index (χ0n) is 15.3. The van der Waals surface area contributed by atoms with Crippen LogP contribution < -0.4 is 0 Å². The maximum absolute atomic E-state index is 13.9. The highest BCUT2D eigenvalue weighted by Crippen LogP contribution is 2.25. The summed E-state index contributed by atoms with van der Waals surface area (Å²) in [5.74, 6) is -2.25. The molecule has 0 saturated carbocycles. The van der Waals surface area contributed by atoms with E-state index in [1.165, 1.54) is 4.68 Å². The van der Waals surface area contributed by atoms with E-state index in [-0.39, 0.29) is 25.4 Å². The molecule has 1 aliphatic rings. The molecule has 1 aromatic heterocycles. The van der Waals surface area contributed by atoms with Gasteiger partial charge in [-0.15, -0.1) is 0 Å². The molecule has 28 heavy (non-hydrogen) atoms. The number of aryl methyl sites for hydroxylation is 1. The lowest BCUT2D eigenvalue weighted by atomic mass is 10.3. The van der Waals surface area contributed by atoms with E-state index >= 15 is 0 Å². The van der Waals surface area contributed by atoms with Crippen molar-refractivity contribution in [3.8, 4) is 0 Å². The normalized spacial score (nSPS) is 16.4. The molecule has 3 rings (SSSR count). The number of nitro groups is 1. The largest absolute Gasteiger partial charge is 0.312 e. The quantitative estimate of drug-likeness (QED) is 0.544. The van der Waals surface area contributed by atoms with Crippen molar-refractivity contribution in [3.63, 3.8) is 0 Å². The Bertz CT molecular complexity index is 996. The van der Waals surface area contributed by atoms with Crippen LogP contribution >= 0.6 is 0 Å². The first-order chi connectivity index (χ1) is 13.1. The second-order valence-corrected chi connectivity index (χ2v) is 8.37. The Labute approximate surface area is 160 Å². The van der Waals surface area contributed by atoms with Crippen LogP contribution in [0.3, 0.4) is 0 Å². The van der Waals surface area contributed by atoms with Crippen LogP contribution in [0.2, 0.25) is 0 Å². The van der Waals surface area contributed by atoms with Crippen LogP contribution in [0.1, 0.15) is 11.4 Å². The third kappa shape index (κ3) is 3.62. The van der Waals surface area contributed by atoms with Gasteiger partial charge in [-0.05, 0) is 26.0 Å². The summed E-state index contributed by atoms with van der Waals surface area (Å²) < 4.78 is 55.5. The molecule has 2 heterocycles. The number of aromatic nitrogens is 2. The minimum atomic E-state index is -4.30. The minimum Gasteiger partial charge on any atom is -0.282 e. The highest BCUT2D eigenvalue weighted by atomic mass is 32.2. The van der Waals surface area contributed by atoms with Crippen LogP contribution in [0, 0.1) is 35.6 Å². The van der Waals surface area contributed by atoms with Gasteiger partial charge in [-0.25, -0.2) is 21.9 Å². The molecule has 0 amide bonds. The van der Waals surface area contributed by atoms with E-state index in [1.54, 1.807) is 13.8 Å². The Hall–Kier alpha value is -2.44. The van der Waals surface area contributed by atoms with E-state index in [9.17, 15) is 27.3 Å².